The van der Waals surface area contributed by atoms with E-state index in [4.69, 9.17) is 9.90 Å². The lowest BCUT2D eigenvalue weighted by Gasteiger charge is -2.23. The lowest BCUT2D eigenvalue weighted by Crippen LogP contribution is -2.38. The molecule has 2 aromatic rings. The Morgan fingerprint density at radius 1 is 0.833 bits per heavy atom. The minimum absolute atomic E-state index is 0.120. The molecule has 5 rings (SSSR count). The molecule has 0 spiro atoms. The van der Waals surface area contributed by atoms with Gasteiger partial charge in [-0.1, -0.05) is 62.8 Å². The number of nitrogens with one attached hydrogen (secondary N) is 2. The van der Waals surface area contributed by atoms with E-state index >= 15 is 0 Å². The number of hydrogen-bond donors (Lipinski definition) is 3. The molecule has 11 heteroatoms. The standard InChI is InChI=1S/C29H38N2O3S.C2HF3O2/c32-28(30-21-22-7-3-1-4-8-22)29(19-20-29)25-13-15-26(16-14-25)31-35(33,34)27-17-11-24(12-18-27)23-9-5-2-6-10-23;3-2(4,5)1(6)7/h11-18,22-23,31H,1-10,19-21H2,(H,30,32);(H,6,7). The molecule has 0 saturated heterocycles. The molecule has 0 radical (unpaired) electrons. The van der Waals surface area contributed by atoms with Crippen LogP contribution in [-0.4, -0.2) is 38.1 Å². The first-order valence-electron chi connectivity index (χ1n) is 14.7. The molecule has 0 heterocycles. The number of amides is 1. The van der Waals surface area contributed by atoms with E-state index in [0.717, 1.165) is 24.9 Å². The van der Waals surface area contributed by atoms with Crippen molar-refractivity contribution in [2.75, 3.05) is 11.3 Å². The molecule has 0 aliphatic heterocycles. The first kappa shape index (κ1) is 31.8. The molecule has 230 valence electrons. The summed E-state index contributed by atoms with van der Waals surface area (Å²) in [4.78, 5) is 22.2. The third-order valence-corrected chi connectivity index (χ3v) is 10.1. The third-order valence-electron chi connectivity index (χ3n) is 8.66. The Morgan fingerprint density at radius 2 is 1.36 bits per heavy atom. The van der Waals surface area contributed by atoms with Crippen molar-refractivity contribution in [2.45, 2.75) is 99.5 Å². The van der Waals surface area contributed by atoms with Crippen molar-refractivity contribution in [1.82, 2.24) is 5.32 Å². The molecule has 0 aromatic heterocycles. The second-order valence-electron chi connectivity index (χ2n) is 11.7. The maximum absolute atomic E-state index is 13.0. The van der Waals surface area contributed by atoms with E-state index in [-0.39, 0.29) is 10.8 Å². The average Bonchev–Trinajstić information content (AvgIpc) is 3.79. The van der Waals surface area contributed by atoms with Crippen molar-refractivity contribution in [3.63, 3.8) is 0 Å². The van der Waals surface area contributed by atoms with Crippen molar-refractivity contribution >= 4 is 27.6 Å². The summed E-state index contributed by atoms with van der Waals surface area (Å²) in [7, 11) is -3.66. The highest BCUT2D eigenvalue weighted by Gasteiger charge is 2.51. The zero-order chi connectivity index (χ0) is 30.4. The van der Waals surface area contributed by atoms with Gasteiger partial charge in [-0.05, 0) is 85.8 Å². The van der Waals surface area contributed by atoms with Gasteiger partial charge in [-0.15, -0.1) is 0 Å². The van der Waals surface area contributed by atoms with Crippen LogP contribution < -0.4 is 10.0 Å². The maximum atomic E-state index is 13.0. The molecular weight excluding hydrogens is 569 g/mol. The number of anilines is 1. The van der Waals surface area contributed by atoms with Gasteiger partial charge < -0.3 is 10.4 Å². The number of halogens is 3. The Kier molecular flexibility index (Phi) is 10.2. The molecule has 3 aliphatic rings. The second-order valence-corrected chi connectivity index (χ2v) is 13.4. The number of carboxylic acids is 1. The summed E-state index contributed by atoms with van der Waals surface area (Å²) >= 11 is 0. The van der Waals surface area contributed by atoms with Crippen LogP contribution in [0.15, 0.2) is 53.4 Å². The highest BCUT2D eigenvalue weighted by Crippen LogP contribution is 2.48. The number of sulfonamides is 1. The van der Waals surface area contributed by atoms with Crippen LogP contribution in [-0.2, 0) is 25.0 Å². The summed E-state index contributed by atoms with van der Waals surface area (Å²) in [5.41, 5.74) is 2.28. The van der Waals surface area contributed by atoms with Crippen molar-refractivity contribution in [3.8, 4) is 0 Å². The number of alkyl halides is 3. The number of carbonyl (C=O) groups excluding carboxylic acids is 1. The summed E-state index contributed by atoms with van der Waals surface area (Å²) in [6.45, 7) is 0.776. The number of carbonyl (C=O) groups is 2. The van der Waals surface area contributed by atoms with Gasteiger partial charge >= 0.3 is 12.1 Å². The Bertz CT molecular complexity index is 1310. The zero-order valence-electron chi connectivity index (χ0n) is 23.6. The Morgan fingerprint density at radius 3 is 1.86 bits per heavy atom. The average molecular weight is 609 g/mol. The van der Waals surface area contributed by atoms with Crippen LogP contribution in [0.25, 0.3) is 0 Å². The number of aliphatic carboxylic acids is 1. The van der Waals surface area contributed by atoms with E-state index in [1.54, 1.807) is 24.3 Å². The zero-order valence-corrected chi connectivity index (χ0v) is 24.4. The quantitative estimate of drug-likeness (QED) is 0.302. The number of hydrogen-bond acceptors (Lipinski definition) is 4. The fourth-order valence-corrected chi connectivity index (χ4v) is 7.05. The van der Waals surface area contributed by atoms with Crippen LogP contribution in [0, 0.1) is 5.92 Å². The van der Waals surface area contributed by atoms with Gasteiger partial charge in [0.05, 0.1) is 10.3 Å². The third kappa shape index (κ3) is 8.26. The van der Waals surface area contributed by atoms with E-state index in [1.807, 2.05) is 24.3 Å². The molecule has 0 bridgehead atoms. The summed E-state index contributed by atoms with van der Waals surface area (Å²) in [6, 6.07) is 14.7. The monoisotopic (exact) mass is 608 g/mol. The minimum Gasteiger partial charge on any atom is -0.475 e. The SMILES string of the molecule is O=C(NCC1CCCCC1)C1(c2ccc(NS(=O)(=O)c3ccc(C4CCCCC4)cc3)cc2)CC1.O=C(O)C(F)(F)F. The molecule has 3 N–H and O–H groups in total. The van der Waals surface area contributed by atoms with E-state index < -0.39 is 27.6 Å². The molecule has 3 fully saturated rings. The van der Waals surface area contributed by atoms with E-state index in [0.29, 0.717) is 17.5 Å². The first-order chi connectivity index (χ1) is 19.9. The van der Waals surface area contributed by atoms with Crippen LogP contribution in [0.2, 0.25) is 0 Å². The second kappa shape index (κ2) is 13.5. The lowest BCUT2D eigenvalue weighted by atomic mass is 9.84. The molecule has 7 nitrogen and oxygen atoms in total. The predicted octanol–water partition coefficient (Wildman–Crippen LogP) is 6.90. The van der Waals surface area contributed by atoms with Crippen molar-refractivity contribution < 1.29 is 36.3 Å². The van der Waals surface area contributed by atoms with Crippen molar-refractivity contribution in [1.29, 1.82) is 0 Å². The molecule has 1 amide bonds. The van der Waals surface area contributed by atoms with Crippen molar-refractivity contribution in [2.24, 2.45) is 5.92 Å². The highest BCUT2D eigenvalue weighted by molar-refractivity contribution is 7.92. The normalized spacial score (nSPS) is 19.2. The van der Waals surface area contributed by atoms with Crippen LogP contribution in [0.4, 0.5) is 18.9 Å². The highest BCUT2D eigenvalue weighted by atomic mass is 32.2. The Hall–Kier alpha value is -3.08. The minimum atomic E-state index is -5.08. The molecule has 42 heavy (non-hydrogen) atoms. The lowest BCUT2D eigenvalue weighted by molar-refractivity contribution is -0.192. The van der Waals surface area contributed by atoms with E-state index in [9.17, 15) is 26.4 Å². The van der Waals surface area contributed by atoms with E-state index in [1.165, 1.54) is 69.8 Å². The van der Waals surface area contributed by atoms with Crippen LogP contribution in [0.5, 0.6) is 0 Å². The molecule has 2 aromatic carbocycles. The Balaban J connectivity index is 0.000000517. The molecule has 0 atom stereocenters. The van der Waals surface area contributed by atoms with Gasteiger partial charge in [-0.3, -0.25) is 9.52 Å². The fraction of sp³-hybridized carbons (Fsp3) is 0.548. The largest absolute Gasteiger partial charge is 0.490 e. The maximum Gasteiger partial charge on any atom is 0.490 e. The number of carboxylic acid groups (broad SMARTS) is 1. The summed E-state index contributed by atoms with van der Waals surface area (Å²) in [6.07, 6.45) is 9.10. The molecular formula is C31H39F3N2O5S. The summed E-state index contributed by atoms with van der Waals surface area (Å²) < 4.78 is 60.3. The molecule has 3 saturated carbocycles. The smallest absolute Gasteiger partial charge is 0.475 e. The van der Waals surface area contributed by atoms with Crippen LogP contribution in [0.1, 0.15) is 94.1 Å². The molecule has 3 aliphatic carbocycles. The summed E-state index contributed by atoms with van der Waals surface area (Å²) in [5.74, 6) is -1.48. The van der Waals surface area contributed by atoms with Crippen molar-refractivity contribution in [3.05, 3.63) is 59.7 Å². The number of rotatable bonds is 8. The van der Waals surface area contributed by atoms with Gasteiger partial charge in [0.2, 0.25) is 5.91 Å². The first-order valence-corrected chi connectivity index (χ1v) is 16.2. The Labute approximate surface area is 245 Å². The van der Waals surface area contributed by atoms with Gasteiger partial charge in [0, 0.05) is 12.2 Å². The number of benzene rings is 2. The predicted molar refractivity (Wildman–Crippen MR) is 154 cm³/mol. The van der Waals surface area contributed by atoms with Crippen LogP contribution in [0.3, 0.4) is 0 Å². The molecule has 0 unspecified atom stereocenters. The van der Waals surface area contributed by atoms with Gasteiger partial charge in [0.25, 0.3) is 10.0 Å². The van der Waals surface area contributed by atoms with Gasteiger partial charge in [0.1, 0.15) is 0 Å². The fourth-order valence-electron chi connectivity index (χ4n) is 6.00. The van der Waals surface area contributed by atoms with Gasteiger partial charge in [-0.25, -0.2) is 13.2 Å². The van der Waals surface area contributed by atoms with E-state index in [2.05, 4.69) is 10.0 Å². The van der Waals surface area contributed by atoms with Gasteiger partial charge in [-0.2, -0.15) is 13.2 Å². The topological polar surface area (TPSA) is 113 Å². The summed E-state index contributed by atoms with van der Waals surface area (Å²) in [5, 5.41) is 10.3. The van der Waals surface area contributed by atoms with Gasteiger partial charge in [0.15, 0.2) is 0 Å². The van der Waals surface area contributed by atoms with Crippen LogP contribution >= 0.6 is 0 Å².